The van der Waals surface area contributed by atoms with E-state index in [2.05, 4.69) is 26.1 Å². The van der Waals surface area contributed by atoms with Gasteiger partial charge in [-0.2, -0.15) is 0 Å². The van der Waals surface area contributed by atoms with Crippen molar-refractivity contribution in [1.29, 1.82) is 0 Å². The van der Waals surface area contributed by atoms with Crippen LogP contribution in [0.1, 0.15) is 33.3 Å². The van der Waals surface area contributed by atoms with Crippen molar-refractivity contribution in [2.75, 3.05) is 6.61 Å². The molecule has 98 valence electrons. The molecule has 0 radical (unpaired) electrons. The molecule has 0 aliphatic carbocycles. The fourth-order valence-corrected chi connectivity index (χ4v) is 1.81. The molecule has 1 aromatic heterocycles. The summed E-state index contributed by atoms with van der Waals surface area (Å²) >= 11 is 0. The Morgan fingerprint density at radius 2 is 2.06 bits per heavy atom. The van der Waals surface area contributed by atoms with Crippen LogP contribution in [0.3, 0.4) is 0 Å². The van der Waals surface area contributed by atoms with Crippen LogP contribution in [-0.4, -0.2) is 12.1 Å². The molecule has 18 heavy (non-hydrogen) atoms. The number of rotatable bonds is 4. The highest BCUT2D eigenvalue weighted by molar-refractivity contribution is 5.82. The molecule has 0 saturated carbocycles. The normalized spacial score (nSPS) is 12.0. The summed E-state index contributed by atoms with van der Waals surface area (Å²) in [4.78, 5) is 0. The van der Waals surface area contributed by atoms with Gasteiger partial charge in [-0.1, -0.05) is 0 Å². The second kappa shape index (κ2) is 5.02. The van der Waals surface area contributed by atoms with Gasteiger partial charge in [-0.05, 0) is 45.9 Å². The van der Waals surface area contributed by atoms with Crippen molar-refractivity contribution >= 4 is 11.0 Å². The molecule has 0 bridgehead atoms. The minimum Gasteiger partial charge on any atom is -0.494 e. The zero-order valence-corrected chi connectivity index (χ0v) is 11.5. The van der Waals surface area contributed by atoms with Crippen molar-refractivity contribution < 1.29 is 9.15 Å². The second-order valence-electron chi connectivity index (χ2n) is 5.46. The first kappa shape index (κ1) is 13.0. The first-order valence-electron chi connectivity index (χ1n) is 6.37. The van der Waals surface area contributed by atoms with Crippen LogP contribution in [0.4, 0.5) is 0 Å². The molecule has 1 N–H and O–H groups in total. The molecule has 0 spiro atoms. The van der Waals surface area contributed by atoms with Gasteiger partial charge in [-0.25, -0.2) is 0 Å². The molecule has 0 fully saturated rings. The van der Waals surface area contributed by atoms with Gasteiger partial charge in [0.1, 0.15) is 11.3 Å². The van der Waals surface area contributed by atoms with E-state index in [1.807, 2.05) is 31.4 Å². The standard InChI is InChI=1S/C15H21NO2/c1-5-17-12-6-7-14-13(8-12)11(10-18-14)9-16-15(2,3)4/h6-8,10,16H,5,9H2,1-4H3. The van der Waals surface area contributed by atoms with E-state index in [1.54, 1.807) is 0 Å². The van der Waals surface area contributed by atoms with Crippen LogP contribution >= 0.6 is 0 Å². The van der Waals surface area contributed by atoms with Crippen LogP contribution in [-0.2, 0) is 6.54 Å². The lowest BCUT2D eigenvalue weighted by Crippen LogP contribution is -2.34. The van der Waals surface area contributed by atoms with Crippen LogP contribution in [0, 0.1) is 0 Å². The minimum absolute atomic E-state index is 0.0983. The fraction of sp³-hybridized carbons (Fsp3) is 0.467. The smallest absolute Gasteiger partial charge is 0.134 e. The Morgan fingerprint density at radius 1 is 1.28 bits per heavy atom. The van der Waals surface area contributed by atoms with Crippen LogP contribution in [0.25, 0.3) is 11.0 Å². The van der Waals surface area contributed by atoms with Gasteiger partial charge in [0.05, 0.1) is 12.9 Å². The Kier molecular flexibility index (Phi) is 3.62. The summed E-state index contributed by atoms with van der Waals surface area (Å²) in [5, 5.41) is 4.59. The maximum atomic E-state index is 5.55. The van der Waals surface area contributed by atoms with Crippen LogP contribution < -0.4 is 10.1 Å². The zero-order chi connectivity index (χ0) is 13.2. The first-order chi connectivity index (χ1) is 8.49. The molecule has 0 amide bonds. The Bertz CT molecular complexity index is 523. The molecule has 2 rings (SSSR count). The maximum Gasteiger partial charge on any atom is 0.134 e. The Hall–Kier alpha value is -1.48. The lowest BCUT2D eigenvalue weighted by molar-refractivity contribution is 0.340. The molecule has 0 unspecified atom stereocenters. The van der Waals surface area contributed by atoms with Gasteiger partial charge in [0.2, 0.25) is 0 Å². The largest absolute Gasteiger partial charge is 0.494 e. The summed E-state index contributed by atoms with van der Waals surface area (Å²) in [6.07, 6.45) is 1.82. The van der Waals surface area contributed by atoms with E-state index >= 15 is 0 Å². The number of hydrogen-bond donors (Lipinski definition) is 1. The van der Waals surface area contributed by atoms with E-state index in [9.17, 15) is 0 Å². The summed E-state index contributed by atoms with van der Waals surface area (Å²) in [7, 11) is 0. The van der Waals surface area contributed by atoms with Crippen molar-refractivity contribution in [3.05, 3.63) is 30.0 Å². The second-order valence-corrected chi connectivity index (χ2v) is 5.46. The number of fused-ring (bicyclic) bond motifs is 1. The van der Waals surface area contributed by atoms with E-state index in [4.69, 9.17) is 9.15 Å². The van der Waals surface area contributed by atoms with E-state index < -0.39 is 0 Å². The molecule has 0 atom stereocenters. The Labute approximate surface area is 108 Å². The van der Waals surface area contributed by atoms with Crippen LogP contribution in [0.15, 0.2) is 28.9 Å². The van der Waals surface area contributed by atoms with Crippen molar-refractivity contribution in [3.8, 4) is 5.75 Å². The van der Waals surface area contributed by atoms with Gasteiger partial charge < -0.3 is 14.5 Å². The maximum absolute atomic E-state index is 5.55. The van der Waals surface area contributed by atoms with Gasteiger partial charge >= 0.3 is 0 Å². The number of ether oxygens (including phenoxy) is 1. The molecule has 0 saturated heterocycles. The lowest BCUT2D eigenvalue weighted by Gasteiger charge is -2.20. The average Bonchev–Trinajstić information content (AvgIpc) is 2.68. The minimum atomic E-state index is 0.0983. The van der Waals surface area contributed by atoms with Crippen molar-refractivity contribution in [3.63, 3.8) is 0 Å². The molecule has 2 aromatic rings. The lowest BCUT2D eigenvalue weighted by atomic mass is 10.1. The fourth-order valence-electron chi connectivity index (χ4n) is 1.81. The van der Waals surface area contributed by atoms with Crippen LogP contribution in [0.5, 0.6) is 5.75 Å². The predicted molar refractivity (Wildman–Crippen MR) is 74.0 cm³/mol. The van der Waals surface area contributed by atoms with Gasteiger partial charge in [-0.3, -0.25) is 0 Å². The third-order valence-electron chi connectivity index (χ3n) is 2.75. The number of furan rings is 1. The average molecular weight is 247 g/mol. The highest BCUT2D eigenvalue weighted by atomic mass is 16.5. The first-order valence-corrected chi connectivity index (χ1v) is 6.37. The number of hydrogen-bond acceptors (Lipinski definition) is 3. The van der Waals surface area contributed by atoms with Gasteiger partial charge in [0, 0.05) is 23.0 Å². The molecule has 1 heterocycles. The number of nitrogens with one attached hydrogen (secondary N) is 1. The van der Waals surface area contributed by atoms with E-state index in [-0.39, 0.29) is 5.54 Å². The molecular weight excluding hydrogens is 226 g/mol. The molecule has 0 aliphatic rings. The summed E-state index contributed by atoms with van der Waals surface area (Å²) in [5.74, 6) is 0.892. The summed E-state index contributed by atoms with van der Waals surface area (Å²) in [6, 6.07) is 5.94. The van der Waals surface area contributed by atoms with Gasteiger partial charge in [0.25, 0.3) is 0 Å². The number of benzene rings is 1. The quantitative estimate of drug-likeness (QED) is 0.894. The SMILES string of the molecule is CCOc1ccc2occ(CNC(C)(C)C)c2c1. The highest BCUT2D eigenvalue weighted by Crippen LogP contribution is 2.26. The van der Waals surface area contributed by atoms with Crippen molar-refractivity contribution in [2.24, 2.45) is 0 Å². The monoisotopic (exact) mass is 247 g/mol. The van der Waals surface area contributed by atoms with E-state index in [1.165, 1.54) is 5.56 Å². The third-order valence-corrected chi connectivity index (χ3v) is 2.75. The highest BCUT2D eigenvalue weighted by Gasteiger charge is 2.12. The third kappa shape index (κ3) is 3.05. The molecular formula is C15H21NO2. The Morgan fingerprint density at radius 3 is 2.72 bits per heavy atom. The molecule has 1 aromatic carbocycles. The topological polar surface area (TPSA) is 34.4 Å². The van der Waals surface area contributed by atoms with Gasteiger partial charge in [0.15, 0.2) is 0 Å². The Balaban J connectivity index is 2.25. The molecule has 0 aliphatic heterocycles. The predicted octanol–water partition coefficient (Wildman–Crippen LogP) is 3.72. The zero-order valence-electron chi connectivity index (χ0n) is 11.5. The van der Waals surface area contributed by atoms with Crippen molar-refractivity contribution in [2.45, 2.75) is 39.8 Å². The summed E-state index contributed by atoms with van der Waals surface area (Å²) < 4.78 is 11.1. The van der Waals surface area contributed by atoms with Crippen molar-refractivity contribution in [1.82, 2.24) is 5.32 Å². The molecule has 3 nitrogen and oxygen atoms in total. The summed E-state index contributed by atoms with van der Waals surface area (Å²) in [6.45, 7) is 9.93. The van der Waals surface area contributed by atoms with Gasteiger partial charge in [-0.15, -0.1) is 0 Å². The van der Waals surface area contributed by atoms with E-state index in [0.29, 0.717) is 6.61 Å². The van der Waals surface area contributed by atoms with Crippen LogP contribution in [0.2, 0.25) is 0 Å². The molecule has 3 heteroatoms. The van der Waals surface area contributed by atoms with E-state index in [0.717, 1.165) is 23.3 Å². The summed E-state index contributed by atoms with van der Waals surface area (Å²) in [5.41, 5.74) is 2.17.